The van der Waals surface area contributed by atoms with Crippen molar-refractivity contribution >= 4 is 0 Å². The summed E-state index contributed by atoms with van der Waals surface area (Å²) in [7, 11) is 0. The van der Waals surface area contributed by atoms with Gasteiger partial charge in [0.1, 0.15) is 0 Å². The third kappa shape index (κ3) is 6.51. The highest BCUT2D eigenvalue weighted by atomic mass is 16.3. The van der Waals surface area contributed by atoms with Crippen LogP contribution in [0.15, 0.2) is 23.8 Å². The van der Waals surface area contributed by atoms with Gasteiger partial charge in [0.15, 0.2) is 0 Å². The zero-order chi connectivity index (χ0) is 19.0. The first kappa shape index (κ1) is 21.7. The van der Waals surface area contributed by atoms with Crippen molar-refractivity contribution < 1.29 is 10.2 Å². The molecular weight excluding hydrogens is 322 g/mol. The second kappa shape index (κ2) is 10.6. The van der Waals surface area contributed by atoms with Crippen LogP contribution in [0.5, 0.6) is 0 Å². The third-order valence-electron chi connectivity index (χ3n) is 6.39. The number of fused-ring (bicyclic) bond motifs is 1. The van der Waals surface area contributed by atoms with Crippen LogP contribution in [-0.4, -0.2) is 28.5 Å². The fourth-order valence-corrected chi connectivity index (χ4v) is 4.78. The van der Waals surface area contributed by atoms with Crippen molar-refractivity contribution in [1.29, 1.82) is 0 Å². The maximum atomic E-state index is 10.5. The standard InChI is InChI=1S/C23H41NO2/c1-3-4-12-23(2,26)13-9-11-20-21-16-18(10-7-5-6-8-14-24)15-19(21)17-22(20)25/h9,11,15,19-22,25-26H,3-8,10,12-14,16-17,24H2,1-2H3/t19-,20+,21-,22+,23-/m0/s1. The van der Waals surface area contributed by atoms with E-state index in [4.69, 9.17) is 5.73 Å². The molecule has 2 aliphatic rings. The minimum Gasteiger partial charge on any atom is -0.392 e. The zero-order valence-electron chi connectivity index (χ0n) is 17.0. The largest absolute Gasteiger partial charge is 0.392 e. The van der Waals surface area contributed by atoms with Crippen LogP contribution in [0.2, 0.25) is 0 Å². The van der Waals surface area contributed by atoms with Gasteiger partial charge in [0.25, 0.3) is 0 Å². The van der Waals surface area contributed by atoms with E-state index in [0.717, 1.165) is 45.1 Å². The number of aliphatic hydroxyl groups excluding tert-OH is 1. The molecule has 0 spiro atoms. The highest BCUT2D eigenvalue weighted by Crippen LogP contribution is 2.48. The molecule has 0 aromatic carbocycles. The maximum Gasteiger partial charge on any atom is 0.0654 e. The fraction of sp³-hybridized carbons (Fsp3) is 0.826. The normalized spacial score (nSPS) is 30.6. The van der Waals surface area contributed by atoms with E-state index in [0.29, 0.717) is 18.3 Å². The first-order valence-corrected chi connectivity index (χ1v) is 10.9. The van der Waals surface area contributed by atoms with Crippen LogP contribution >= 0.6 is 0 Å². The van der Waals surface area contributed by atoms with Crippen LogP contribution in [0, 0.1) is 17.8 Å². The van der Waals surface area contributed by atoms with Crippen LogP contribution in [0.1, 0.15) is 84.5 Å². The summed E-state index contributed by atoms with van der Waals surface area (Å²) in [5.41, 5.74) is 6.55. The highest BCUT2D eigenvalue weighted by molar-refractivity contribution is 5.20. The van der Waals surface area contributed by atoms with Gasteiger partial charge in [-0.1, -0.05) is 56.4 Å². The second-order valence-electron chi connectivity index (χ2n) is 8.92. The molecule has 2 rings (SSSR count). The van der Waals surface area contributed by atoms with E-state index in [2.05, 4.69) is 25.2 Å². The van der Waals surface area contributed by atoms with E-state index >= 15 is 0 Å². The molecule has 2 aliphatic carbocycles. The Kier molecular flexibility index (Phi) is 8.86. The van der Waals surface area contributed by atoms with E-state index < -0.39 is 5.60 Å². The molecule has 0 heterocycles. The predicted molar refractivity (Wildman–Crippen MR) is 110 cm³/mol. The first-order valence-electron chi connectivity index (χ1n) is 10.9. The molecule has 0 saturated heterocycles. The molecule has 1 fully saturated rings. The number of aliphatic hydroxyl groups is 2. The molecular formula is C23H41NO2. The Morgan fingerprint density at radius 2 is 2.00 bits per heavy atom. The third-order valence-corrected chi connectivity index (χ3v) is 6.39. The Morgan fingerprint density at radius 1 is 1.23 bits per heavy atom. The Hall–Kier alpha value is -0.640. The van der Waals surface area contributed by atoms with Gasteiger partial charge in [-0.25, -0.2) is 0 Å². The molecule has 0 radical (unpaired) electrons. The van der Waals surface area contributed by atoms with Gasteiger partial charge in [-0.05, 0) is 70.3 Å². The molecule has 0 aromatic rings. The van der Waals surface area contributed by atoms with Crippen LogP contribution in [0.4, 0.5) is 0 Å². The van der Waals surface area contributed by atoms with Gasteiger partial charge < -0.3 is 15.9 Å². The Morgan fingerprint density at radius 3 is 2.73 bits per heavy atom. The highest BCUT2D eigenvalue weighted by Gasteiger charge is 2.43. The Balaban J connectivity index is 1.79. The molecule has 0 aromatic heterocycles. The maximum absolute atomic E-state index is 10.5. The molecule has 4 N–H and O–H groups in total. The van der Waals surface area contributed by atoms with Crippen LogP contribution in [0.3, 0.4) is 0 Å². The number of hydrogen-bond donors (Lipinski definition) is 3. The van der Waals surface area contributed by atoms with Crippen molar-refractivity contribution in [2.75, 3.05) is 6.54 Å². The number of nitrogens with two attached hydrogens (primary N) is 1. The fourth-order valence-electron chi connectivity index (χ4n) is 4.78. The van der Waals surface area contributed by atoms with Crippen molar-refractivity contribution in [2.24, 2.45) is 23.5 Å². The second-order valence-corrected chi connectivity index (χ2v) is 8.92. The molecule has 0 unspecified atom stereocenters. The summed E-state index contributed by atoms with van der Waals surface area (Å²) in [5.74, 6) is 1.38. The smallest absolute Gasteiger partial charge is 0.0654 e. The SMILES string of the molecule is CCCC[C@](C)(O)CC=C[C@@H]1[C@H]2CC(CCCCCCN)=C[C@H]2C[C@H]1O. The van der Waals surface area contributed by atoms with Crippen molar-refractivity contribution in [3.8, 4) is 0 Å². The molecule has 5 atom stereocenters. The average Bonchev–Trinajstić information content (AvgIpc) is 3.10. The molecule has 0 bridgehead atoms. The number of allylic oxidation sites excluding steroid dienone is 2. The molecule has 150 valence electrons. The summed E-state index contributed by atoms with van der Waals surface area (Å²) in [6.45, 7) is 4.90. The van der Waals surface area contributed by atoms with Gasteiger partial charge in [0.2, 0.25) is 0 Å². The van der Waals surface area contributed by atoms with E-state index in [1.807, 2.05) is 6.92 Å². The van der Waals surface area contributed by atoms with Gasteiger partial charge in [-0.15, -0.1) is 0 Å². The Labute approximate surface area is 160 Å². The minimum atomic E-state index is -0.613. The number of hydrogen-bond acceptors (Lipinski definition) is 3. The van der Waals surface area contributed by atoms with Crippen molar-refractivity contribution in [3.05, 3.63) is 23.8 Å². The van der Waals surface area contributed by atoms with Crippen molar-refractivity contribution in [3.63, 3.8) is 0 Å². The van der Waals surface area contributed by atoms with Gasteiger partial charge in [0.05, 0.1) is 11.7 Å². The van der Waals surface area contributed by atoms with Crippen LogP contribution in [0.25, 0.3) is 0 Å². The summed E-state index contributed by atoms with van der Waals surface area (Å²) in [4.78, 5) is 0. The van der Waals surface area contributed by atoms with Gasteiger partial charge >= 0.3 is 0 Å². The average molecular weight is 364 g/mol. The van der Waals surface area contributed by atoms with E-state index in [-0.39, 0.29) is 12.0 Å². The lowest BCUT2D eigenvalue weighted by atomic mass is 9.87. The zero-order valence-corrected chi connectivity index (χ0v) is 17.0. The summed E-state index contributed by atoms with van der Waals surface area (Å²) in [6, 6.07) is 0. The van der Waals surface area contributed by atoms with Gasteiger partial charge in [-0.2, -0.15) is 0 Å². The molecule has 0 aliphatic heterocycles. The summed E-state index contributed by atoms with van der Waals surface area (Å²) in [5, 5.41) is 20.9. The van der Waals surface area contributed by atoms with E-state index in [1.54, 1.807) is 5.57 Å². The van der Waals surface area contributed by atoms with Gasteiger partial charge in [-0.3, -0.25) is 0 Å². The lowest BCUT2D eigenvalue weighted by molar-refractivity contribution is 0.0513. The number of rotatable bonds is 12. The molecule has 3 nitrogen and oxygen atoms in total. The van der Waals surface area contributed by atoms with Crippen molar-refractivity contribution in [1.82, 2.24) is 0 Å². The monoisotopic (exact) mass is 363 g/mol. The molecule has 3 heteroatoms. The van der Waals surface area contributed by atoms with Crippen LogP contribution < -0.4 is 5.73 Å². The predicted octanol–water partition coefficient (Wildman–Crippen LogP) is 4.73. The summed E-state index contributed by atoms with van der Waals surface area (Å²) in [6.07, 6.45) is 18.5. The lowest BCUT2D eigenvalue weighted by Crippen LogP contribution is -2.23. The summed E-state index contributed by atoms with van der Waals surface area (Å²) >= 11 is 0. The first-order chi connectivity index (χ1) is 12.5. The lowest BCUT2D eigenvalue weighted by Gasteiger charge is -2.22. The quantitative estimate of drug-likeness (QED) is 0.347. The van der Waals surface area contributed by atoms with Crippen LogP contribution in [-0.2, 0) is 0 Å². The molecule has 0 amide bonds. The number of unbranched alkanes of at least 4 members (excludes halogenated alkanes) is 4. The summed E-state index contributed by atoms with van der Waals surface area (Å²) < 4.78 is 0. The van der Waals surface area contributed by atoms with Crippen molar-refractivity contribution in [2.45, 2.75) is 96.2 Å². The molecule has 1 saturated carbocycles. The van der Waals surface area contributed by atoms with Gasteiger partial charge in [0, 0.05) is 5.92 Å². The van der Waals surface area contributed by atoms with E-state index in [9.17, 15) is 10.2 Å². The molecule has 26 heavy (non-hydrogen) atoms. The van der Waals surface area contributed by atoms with E-state index in [1.165, 1.54) is 25.7 Å². The minimum absolute atomic E-state index is 0.218. The topological polar surface area (TPSA) is 66.5 Å². The Bertz CT molecular complexity index is 469.